The monoisotopic (exact) mass is 370 g/mol. The van der Waals surface area contributed by atoms with E-state index < -0.39 is 11.9 Å². The molecule has 0 saturated carbocycles. The average Bonchev–Trinajstić information content (AvgIpc) is 2.88. The zero-order valence-corrected chi connectivity index (χ0v) is 15.4. The number of rotatable bonds is 5. The predicted molar refractivity (Wildman–Crippen MR) is 100 cm³/mol. The lowest BCUT2D eigenvalue weighted by Crippen LogP contribution is -2.16. The van der Waals surface area contributed by atoms with E-state index >= 15 is 0 Å². The number of thiophene rings is 1. The van der Waals surface area contributed by atoms with Crippen molar-refractivity contribution in [2.45, 2.75) is 20.8 Å². The Morgan fingerprint density at radius 2 is 1.96 bits per heavy atom. The Bertz CT molecular complexity index is 905. The minimum Gasteiger partial charge on any atom is -0.508 e. The van der Waals surface area contributed by atoms with Gasteiger partial charge in [0, 0.05) is 4.88 Å². The van der Waals surface area contributed by atoms with Gasteiger partial charge < -0.3 is 15.2 Å². The Labute approximate surface area is 155 Å². The number of nitriles is 1. The number of aromatic hydroxyl groups is 1. The van der Waals surface area contributed by atoms with Gasteiger partial charge in [-0.15, -0.1) is 11.3 Å². The van der Waals surface area contributed by atoms with Crippen molar-refractivity contribution in [1.29, 1.82) is 5.26 Å². The van der Waals surface area contributed by atoms with Crippen LogP contribution in [-0.2, 0) is 9.53 Å². The fraction of sp³-hybridized carbons (Fsp3) is 0.211. The Morgan fingerprint density at radius 3 is 2.54 bits per heavy atom. The van der Waals surface area contributed by atoms with Gasteiger partial charge in [-0.25, -0.2) is 4.79 Å². The smallest absolute Gasteiger partial charge is 0.341 e. The van der Waals surface area contributed by atoms with Gasteiger partial charge in [0.05, 0.1) is 12.2 Å². The number of esters is 1. The maximum atomic E-state index is 12.5. The first-order valence-corrected chi connectivity index (χ1v) is 8.68. The van der Waals surface area contributed by atoms with Gasteiger partial charge in [0.1, 0.15) is 22.4 Å². The van der Waals surface area contributed by atoms with Crippen LogP contribution in [0, 0.1) is 25.2 Å². The topological polar surface area (TPSA) is 99.4 Å². The van der Waals surface area contributed by atoms with Crippen LogP contribution < -0.4 is 5.32 Å². The standard InChI is InChI=1S/C19H18N2O4S/c1-4-25-19(24)16-11(2)12(3)26-18(16)21-17(23)14(10-20)9-13-5-7-15(22)8-6-13/h5-9,22H,4H2,1-3H3,(H,21,23). The molecule has 0 spiro atoms. The molecule has 2 N–H and O–H groups in total. The summed E-state index contributed by atoms with van der Waals surface area (Å²) in [5.74, 6) is -1.04. The van der Waals surface area contributed by atoms with Gasteiger partial charge in [-0.2, -0.15) is 5.26 Å². The van der Waals surface area contributed by atoms with E-state index in [4.69, 9.17) is 4.74 Å². The molecule has 0 fully saturated rings. The van der Waals surface area contributed by atoms with Gasteiger partial charge in [0.15, 0.2) is 0 Å². The summed E-state index contributed by atoms with van der Waals surface area (Å²) in [6.07, 6.45) is 1.41. The number of benzene rings is 1. The zero-order chi connectivity index (χ0) is 19.3. The molecule has 2 aromatic rings. The number of carbonyl (C=O) groups is 2. The van der Waals surface area contributed by atoms with Gasteiger partial charge >= 0.3 is 5.97 Å². The van der Waals surface area contributed by atoms with E-state index in [1.165, 1.54) is 29.5 Å². The van der Waals surface area contributed by atoms with E-state index in [0.29, 0.717) is 16.1 Å². The normalized spacial score (nSPS) is 10.9. The lowest BCUT2D eigenvalue weighted by Gasteiger charge is -2.07. The summed E-state index contributed by atoms with van der Waals surface area (Å²) in [5.41, 5.74) is 1.53. The van der Waals surface area contributed by atoms with Gasteiger partial charge in [0.2, 0.25) is 0 Å². The molecule has 0 atom stereocenters. The number of carbonyl (C=O) groups excluding carboxylic acids is 2. The fourth-order valence-electron chi connectivity index (χ4n) is 2.22. The lowest BCUT2D eigenvalue weighted by atomic mass is 10.1. The van der Waals surface area contributed by atoms with Crippen molar-refractivity contribution in [2.75, 3.05) is 11.9 Å². The van der Waals surface area contributed by atoms with Crippen LogP contribution in [0.1, 0.15) is 33.3 Å². The summed E-state index contributed by atoms with van der Waals surface area (Å²) < 4.78 is 5.05. The number of amides is 1. The van der Waals surface area contributed by atoms with E-state index in [1.807, 2.05) is 13.0 Å². The third kappa shape index (κ3) is 4.29. The lowest BCUT2D eigenvalue weighted by molar-refractivity contribution is -0.112. The summed E-state index contributed by atoms with van der Waals surface area (Å²) in [6.45, 7) is 5.56. The maximum Gasteiger partial charge on any atom is 0.341 e. The highest BCUT2D eigenvalue weighted by atomic mass is 32.1. The molecule has 1 amide bonds. The van der Waals surface area contributed by atoms with Crippen LogP contribution in [0.2, 0.25) is 0 Å². The van der Waals surface area contributed by atoms with E-state index in [1.54, 1.807) is 26.0 Å². The van der Waals surface area contributed by atoms with Crippen LogP contribution >= 0.6 is 11.3 Å². The van der Waals surface area contributed by atoms with Gasteiger partial charge in [0.25, 0.3) is 5.91 Å². The number of phenolic OH excluding ortho intramolecular Hbond substituents is 1. The van der Waals surface area contributed by atoms with E-state index in [0.717, 1.165) is 10.4 Å². The molecule has 2 rings (SSSR count). The average molecular weight is 370 g/mol. The van der Waals surface area contributed by atoms with Gasteiger partial charge in [-0.05, 0) is 50.1 Å². The number of hydrogen-bond acceptors (Lipinski definition) is 6. The van der Waals surface area contributed by atoms with Crippen molar-refractivity contribution in [3.8, 4) is 11.8 Å². The number of anilines is 1. The maximum absolute atomic E-state index is 12.5. The third-order valence-electron chi connectivity index (χ3n) is 3.66. The highest BCUT2D eigenvalue weighted by Gasteiger charge is 2.23. The van der Waals surface area contributed by atoms with Gasteiger partial charge in [-0.3, -0.25) is 4.79 Å². The quantitative estimate of drug-likeness (QED) is 0.474. The van der Waals surface area contributed by atoms with Crippen molar-refractivity contribution >= 4 is 34.3 Å². The van der Waals surface area contributed by atoms with Crippen LogP contribution in [0.25, 0.3) is 6.08 Å². The number of nitrogens with zero attached hydrogens (tertiary/aromatic N) is 1. The molecule has 0 aliphatic carbocycles. The van der Waals surface area contributed by atoms with E-state index in [9.17, 15) is 20.0 Å². The number of phenols is 1. The summed E-state index contributed by atoms with van der Waals surface area (Å²) in [4.78, 5) is 25.5. The predicted octanol–water partition coefficient (Wildman–Crippen LogP) is 3.79. The first-order valence-electron chi connectivity index (χ1n) is 7.86. The Balaban J connectivity index is 2.31. The minimum absolute atomic E-state index is 0.0914. The van der Waals surface area contributed by atoms with Crippen LogP contribution in [0.5, 0.6) is 5.75 Å². The largest absolute Gasteiger partial charge is 0.508 e. The Kier molecular flexibility index (Phi) is 6.15. The number of hydrogen-bond donors (Lipinski definition) is 2. The molecule has 134 valence electrons. The van der Waals surface area contributed by atoms with Crippen LogP contribution in [-0.4, -0.2) is 23.6 Å². The second-order valence-corrected chi connectivity index (χ2v) is 6.65. The molecular weight excluding hydrogens is 352 g/mol. The molecule has 7 heteroatoms. The van der Waals surface area contributed by atoms with Crippen molar-refractivity contribution in [3.63, 3.8) is 0 Å². The summed E-state index contributed by atoms with van der Waals surface area (Å²) >= 11 is 1.26. The summed E-state index contributed by atoms with van der Waals surface area (Å²) in [6, 6.07) is 7.95. The van der Waals surface area contributed by atoms with Crippen molar-refractivity contribution < 1.29 is 19.4 Å². The third-order valence-corrected chi connectivity index (χ3v) is 4.78. The van der Waals surface area contributed by atoms with Crippen LogP contribution in [0.15, 0.2) is 29.8 Å². The second kappa shape index (κ2) is 8.32. The van der Waals surface area contributed by atoms with Crippen LogP contribution in [0.4, 0.5) is 5.00 Å². The molecular formula is C19H18N2O4S. The number of aryl methyl sites for hydroxylation is 1. The van der Waals surface area contributed by atoms with Crippen molar-refractivity contribution in [2.24, 2.45) is 0 Å². The molecule has 0 aliphatic rings. The molecule has 0 aliphatic heterocycles. The second-order valence-electron chi connectivity index (χ2n) is 5.42. The molecule has 0 saturated heterocycles. The molecule has 6 nitrogen and oxygen atoms in total. The minimum atomic E-state index is -0.618. The molecule has 26 heavy (non-hydrogen) atoms. The summed E-state index contributed by atoms with van der Waals surface area (Å²) in [5, 5.41) is 21.6. The van der Waals surface area contributed by atoms with Crippen molar-refractivity contribution in [1.82, 2.24) is 0 Å². The first kappa shape index (κ1) is 19.2. The van der Waals surface area contributed by atoms with Gasteiger partial charge in [-0.1, -0.05) is 12.1 Å². The first-order chi connectivity index (χ1) is 12.4. The Morgan fingerprint density at radius 1 is 1.31 bits per heavy atom. The van der Waals surface area contributed by atoms with Crippen LogP contribution in [0.3, 0.4) is 0 Å². The van der Waals surface area contributed by atoms with E-state index in [-0.39, 0.29) is 17.9 Å². The number of ether oxygens (including phenoxy) is 1. The highest BCUT2D eigenvalue weighted by molar-refractivity contribution is 7.16. The molecule has 0 radical (unpaired) electrons. The Hall–Kier alpha value is -3.11. The van der Waals surface area contributed by atoms with Crippen molar-refractivity contribution in [3.05, 3.63) is 51.4 Å². The molecule has 1 heterocycles. The zero-order valence-electron chi connectivity index (χ0n) is 14.6. The molecule has 0 bridgehead atoms. The molecule has 1 aromatic heterocycles. The number of nitrogens with one attached hydrogen (secondary N) is 1. The molecule has 1 aromatic carbocycles. The summed E-state index contributed by atoms with van der Waals surface area (Å²) in [7, 11) is 0. The highest BCUT2D eigenvalue weighted by Crippen LogP contribution is 2.33. The molecule has 0 unspecified atom stereocenters. The SMILES string of the molecule is CCOC(=O)c1c(NC(=O)C(C#N)=Cc2ccc(O)cc2)sc(C)c1C. The fourth-order valence-corrected chi connectivity index (χ4v) is 3.26. The van der Waals surface area contributed by atoms with E-state index in [2.05, 4.69) is 5.32 Å².